The van der Waals surface area contributed by atoms with E-state index in [1.165, 1.54) is 11.1 Å². The molecule has 0 saturated heterocycles. The molecule has 0 aliphatic heterocycles. The summed E-state index contributed by atoms with van der Waals surface area (Å²) in [5.74, 6) is 0.881. The van der Waals surface area contributed by atoms with Gasteiger partial charge in [0.25, 0.3) is 0 Å². The Kier molecular flexibility index (Phi) is 6.29. The maximum absolute atomic E-state index is 9.98. The van der Waals surface area contributed by atoms with E-state index in [9.17, 15) is 5.11 Å². The van der Waals surface area contributed by atoms with Gasteiger partial charge in [-0.25, -0.2) is 0 Å². The number of hydrogen-bond acceptors (Lipinski definition) is 2. The lowest BCUT2D eigenvalue weighted by molar-refractivity contribution is 0.129. The molecule has 0 heterocycles. The molecule has 1 atom stereocenters. The van der Waals surface area contributed by atoms with Gasteiger partial charge in [0, 0.05) is 6.42 Å². The van der Waals surface area contributed by atoms with Crippen molar-refractivity contribution in [3.8, 4) is 5.75 Å². The van der Waals surface area contributed by atoms with Gasteiger partial charge in [0.15, 0.2) is 0 Å². The van der Waals surface area contributed by atoms with E-state index in [4.69, 9.17) is 4.74 Å². The molecular formula is C19H24O2. The molecule has 0 saturated carbocycles. The summed E-state index contributed by atoms with van der Waals surface area (Å²) in [6.45, 7) is 2.61. The summed E-state index contributed by atoms with van der Waals surface area (Å²) in [7, 11) is 0. The maximum atomic E-state index is 9.98. The van der Waals surface area contributed by atoms with Crippen molar-refractivity contribution in [2.75, 3.05) is 6.61 Å². The number of hydrogen-bond donors (Lipinski definition) is 1. The number of rotatable bonds is 8. The first kappa shape index (κ1) is 15.6. The first-order valence-corrected chi connectivity index (χ1v) is 7.65. The zero-order valence-corrected chi connectivity index (χ0v) is 12.7. The molecule has 0 bridgehead atoms. The quantitative estimate of drug-likeness (QED) is 0.789. The normalized spacial score (nSPS) is 12.1. The fourth-order valence-corrected chi connectivity index (χ4v) is 2.35. The largest absolute Gasteiger partial charge is 0.493 e. The summed E-state index contributed by atoms with van der Waals surface area (Å²) in [6.07, 6.45) is 3.26. The molecule has 1 N–H and O–H groups in total. The standard InChI is InChI=1S/C19H24O2/c1-16-7-5-12-19(15-16)21-14-13-18(20)11-6-10-17-8-3-2-4-9-17/h2-5,7-9,12,15,18,20H,6,10-11,13-14H2,1H3. The Morgan fingerprint density at radius 2 is 1.81 bits per heavy atom. The second-order valence-corrected chi connectivity index (χ2v) is 5.49. The van der Waals surface area contributed by atoms with Gasteiger partial charge in [-0.2, -0.15) is 0 Å². The third kappa shape index (κ3) is 6.01. The number of aryl methyl sites for hydroxylation is 2. The van der Waals surface area contributed by atoms with E-state index >= 15 is 0 Å². The van der Waals surface area contributed by atoms with Crippen LogP contribution in [0.2, 0.25) is 0 Å². The second kappa shape index (κ2) is 8.48. The molecule has 0 aromatic heterocycles. The van der Waals surface area contributed by atoms with Crippen molar-refractivity contribution in [1.82, 2.24) is 0 Å². The fraction of sp³-hybridized carbons (Fsp3) is 0.368. The van der Waals surface area contributed by atoms with E-state index in [1.807, 2.05) is 37.3 Å². The minimum Gasteiger partial charge on any atom is -0.493 e. The van der Waals surface area contributed by atoms with Crippen LogP contribution < -0.4 is 4.74 Å². The van der Waals surface area contributed by atoms with Crippen LogP contribution in [0.4, 0.5) is 0 Å². The van der Waals surface area contributed by atoms with Gasteiger partial charge in [0.2, 0.25) is 0 Å². The van der Waals surface area contributed by atoms with Gasteiger partial charge in [-0.05, 0) is 49.4 Å². The molecule has 0 spiro atoms. The molecule has 0 aliphatic carbocycles. The Balaban J connectivity index is 1.60. The topological polar surface area (TPSA) is 29.5 Å². The second-order valence-electron chi connectivity index (χ2n) is 5.49. The molecule has 21 heavy (non-hydrogen) atoms. The Morgan fingerprint density at radius 3 is 2.57 bits per heavy atom. The zero-order valence-electron chi connectivity index (χ0n) is 12.7. The highest BCUT2D eigenvalue weighted by Crippen LogP contribution is 2.14. The summed E-state index contributed by atoms with van der Waals surface area (Å²) in [4.78, 5) is 0. The lowest BCUT2D eigenvalue weighted by Gasteiger charge is -2.12. The SMILES string of the molecule is Cc1cccc(OCCC(O)CCCc2ccccc2)c1. The molecular weight excluding hydrogens is 260 g/mol. The van der Waals surface area contributed by atoms with Crippen molar-refractivity contribution < 1.29 is 9.84 Å². The highest BCUT2D eigenvalue weighted by atomic mass is 16.5. The van der Waals surface area contributed by atoms with Crippen molar-refractivity contribution in [2.45, 2.75) is 38.7 Å². The summed E-state index contributed by atoms with van der Waals surface area (Å²) < 4.78 is 5.66. The number of ether oxygens (including phenoxy) is 1. The summed E-state index contributed by atoms with van der Waals surface area (Å²) >= 11 is 0. The van der Waals surface area contributed by atoms with E-state index in [0.29, 0.717) is 13.0 Å². The predicted octanol–water partition coefficient (Wildman–Crippen LogP) is 4.15. The maximum Gasteiger partial charge on any atom is 0.119 e. The number of aliphatic hydroxyl groups is 1. The first-order chi connectivity index (χ1) is 10.2. The van der Waals surface area contributed by atoms with E-state index in [1.54, 1.807) is 0 Å². The van der Waals surface area contributed by atoms with Crippen LogP contribution >= 0.6 is 0 Å². The Morgan fingerprint density at radius 1 is 1.00 bits per heavy atom. The minimum absolute atomic E-state index is 0.279. The molecule has 0 fully saturated rings. The highest BCUT2D eigenvalue weighted by Gasteiger charge is 2.05. The van der Waals surface area contributed by atoms with Crippen molar-refractivity contribution >= 4 is 0 Å². The smallest absolute Gasteiger partial charge is 0.119 e. The third-order valence-corrected chi connectivity index (χ3v) is 3.55. The average Bonchev–Trinajstić information content (AvgIpc) is 2.48. The minimum atomic E-state index is -0.279. The third-order valence-electron chi connectivity index (χ3n) is 3.55. The Bertz CT molecular complexity index is 522. The molecule has 2 aromatic carbocycles. The fourth-order valence-electron chi connectivity index (χ4n) is 2.35. The lowest BCUT2D eigenvalue weighted by Crippen LogP contribution is -2.12. The van der Waals surface area contributed by atoms with Gasteiger partial charge >= 0.3 is 0 Å². The molecule has 0 amide bonds. The summed E-state index contributed by atoms with van der Waals surface area (Å²) in [5, 5.41) is 9.98. The van der Waals surface area contributed by atoms with Gasteiger partial charge in [-0.3, -0.25) is 0 Å². The van der Waals surface area contributed by atoms with E-state index in [2.05, 4.69) is 24.3 Å². The molecule has 2 aromatic rings. The molecule has 0 radical (unpaired) electrons. The summed E-state index contributed by atoms with van der Waals surface area (Å²) in [6, 6.07) is 18.4. The average molecular weight is 284 g/mol. The molecule has 2 heteroatoms. The molecule has 2 nitrogen and oxygen atoms in total. The van der Waals surface area contributed by atoms with Crippen LogP contribution in [0.3, 0.4) is 0 Å². The Hall–Kier alpha value is -1.80. The van der Waals surface area contributed by atoms with Gasteiger partial charge in [0.1, 0.15) is 5.75 Å². The molecule has 2 rings (SSSR count). The van der Waals surface area contributed by atoms with Crippen molar-refractivity contribution in [3.05, 3.63) is 65.7 Å². The van der Waals surface area contributed by atoms with Crippen LogP contribution in [0, 0.1) is 6.92 Å². The van der Waals surface area contributed by atoms with Crippen LogP contribution in [-0.2, 0) is 6.42 Å². The first-order valence-electron chi connectivity index (χ1n) is 7.65. The highest BCUT2D eigenvalue weighted by molar-refractivity contribution is 5.27. The summed E-state index contributed by atoms with van der Waals surface area (Å²) in [5.41, 5.74) is 2.52. The molecule has 1 unspecified atom stereocenters. The zero-order chi connectivity index (χ0) is 14.9. The molecule has 0 aliphatic rings. The monoisotopic (exact) mass is 284 g/mol. The van der Waals surface area contributed by atoms with E-state index < -0.39 is 0 Å². The van der Waals surface area contributed by atoms with Gasteiger partial charge in [-0.1, -0.05) is 42.5 Å². The van der Waals surface area contributed by atoms with E-state index in [0.717, 1.165) is 25.0 Å². The number of benzene rings is 2. The van der Waals surface area contributed by atoms with Crippen LogP contribution in [0.5, 0.6) is 5.75 Å². The van der Waals surface area contributed by atoms with Crippen LogP contribution in [0.15, 0.2) is 54.6 Å². The van der Waals surface area contributed by atoms with Crippen molar-refractivity contribution in [2.24, 2.45) is 0 Å². The van der Waals surface area contributed by atoms with E-state index in [-0.39, 0.29) is 6.10 Å². The van der Waals surface area contributed by atoms with Crippen molar-refractivity contribution in [1.29, 1.82) is 0 Å². The van der Waals surface area contributed by atoms with Crippen molar-refractivity contribution in [3.63, 3.8) is 0 Å². The Labute approximate surface area is 127 Å². The lowest BCUT2D eigenvalue weighted by atomic mass is 10.0. The number of aliphatic hydroxyl groups excluding tert-OH is 1. The van der Waals surface area contributed by atoms with Crippen LogP contribution in [0.1, 0.15) is 30.4 Å². The van der Waals surface area contributed by atoms with Gasteiger partial charge < -0.3 is 9.84 Å². The van der Waals surface area contributed by atoms with Gasteiger partial charge in [0.05, 0.1) is 12.7 Å². The van der Waals surface area contributed by atoms with Crippen LogP contribution in [-0.4, -0.2) is 17.8 Å². The van der Waals surface area contributed by atoms with Crippen LogP contribution in [0.25, 0.3) is 0 Å². The van der Waals surface area contributed by atoms with Gasteiger partial charge in [-0.15, -0.1) is 0 Å². The predicted molar refractivity (Wildman–Crippen MR) is 86.7 cm³/mol. The molecule has 112 valence electrons.